The first-order valence-corrected chi connectivity index (χ1v) is 7.56. The minimum Gasteiger partial charge on any atom is -0.394 e. The number of hydrogen-bond donors (Lipinski definition) is 2. The fourth-order valence-corrected chi connectivity index (χ4v) is 2.97. The molecule has 1 unspecified atom stereocenters. The van der Waals surface area contributed by atoms with Crippen LogP contribution in [-0.4, -0.2) is 23.8 Å². The van der Waals surface area contributed by atoms with Gasteiger partial charge in [0.2, 0.25) is 0 Å². The lowest BCUT2D eigenvalue weighted by molar-refractivity contribution is 0.105. The summed E-state index contributed by atoms with van der Waals surface area (Å²) in [7, 11) is 0. The maximum absolute atomic E-state index is 9.75. The summed E-state index contributed by atoms with van der Waals surface area (Å²) in [5, 5.41) is 13.4. The molecule has 1 saturated carbocycles. The fourth-order valence-electron chi connectivity index (χ4n) is 2.97. The molecular weight excluding hydrogens is 234 g/mol. The molecular formula is C17H27NO. The largest absolute Gasteiger partial charge is 0.394 e. The lowest BCUT2D eigenvalue weighted by Crippen LogP contribution is -2.51. The summed E-state index contributed by atoms with van der Waals surface area (Å²) >= 11 is 0. The highest BCUT2D eigenvalue weighted by atomic mass is 16.3. The molecule has 2 N–H and O–H groups in total. The topological polar surface area (TPSA) is 32.3 Å². The van der Waals surface area contributed by atoms with E-state index in [4.69, 9.17) is 0 Å². The van der Waals surface area contributed by atoms with Gasteiger partial charge in [0.1, 0.15) is 0 Å². The molecule has 2 heteroatoms. The highest BCUT2D eigenvalue weighted by Gasteiger charge is 2.33. The van der Waals surface area contributed by atoms with Crippen LogP contribution in [0, 0.1) is 5.92 Å². The maximum atomic E-state index is 9.75. The average Bonchev–Trinajstić information content (AvgIpc) is 2.48. The van der Waals surface area contributed by atoms with Crippen LogP contribution < -0.4 is 5.32 Å². The average molecular weight is 261 g/mol. The third-order valence-corrected chi connectivity index (χ3v) is 4.69. The zero-order valence-electron chi connectivity index (χ0n) is 12.2. The van der Waals surface area contributed by atoms with E-state index in [1.165, 1.54) is 18.4 Å². The highest BCUT2D eigenvalue weighted by molar-refractivity contribution is 5.19. The third-order valence-electron chi connectivity index (χ3n) is 4.69. The number of nitrogens with one attached hydrogen (secondary N) is 1. The normalized spacial score (nSPS) is 29.1. The van der Waals surface area contributed by atoms with E-state index in [-0.39, 0.29) is 12.1 Å². The van der Waals surface area contributed by atoms with E-state index in [2.05, 4.69) is 49.5 Å². The maximum Gasteiger partial charge on any atom is 0.0613 e. The Morgan fingerprint density at radius 3 is 2.47 bits per heavy atom. The first-order chi connectivity index (χ1) is 9.15. The Labute approximate surface area is 117 Å². The van der Waals surface area contributed by atoms with Gasteiger partial charge in [0.25, 0.3) is 0 Å². The van der Waals surface area contributed by atoms with Gasteiger partial charge in [0.15, 0.2) is 0 Å². The second-order valence-electron chi connectivity index (χ2n) is 6.31. The van der Waals surface area contributed by atoms with Crippen molar-refractivity contribution >= 4 is 0 Å². The van der Waals surface area contributed by atoms with Gasteiger partial charge >= 0.3 is 0 Å². The van der Waals surface area contributed by atoms with Crippen LogP contribution in [0.5, 0.6) is 0 Å². The molecule has 0 aromatic heterocycles. The van der Waals surface area contributed by atoms with Crippen LogP contribution in [-0.2, 0) is 0 Å². The van der Waals surface area contributed by atoms with E-state index in [1.54, 1.807) is 0 Å². The van der Waals surface area contributed by atoms with Crippen molar-refractivity contribution in [3.63, 3.8) is 0 Å². The van der Waals surface area contributed by atoms with Crippen molar-refractivity contribution in [1.29, 1.82) is 0 Å². The molecule has 2 rings (SSSR count). The number of benzene rings is 1. The van der Waals surface area contributed by atoms with Crippen molar-refractivity contribution in [2.24, 2.45) is 5.92 Å². The van der Waals surface area contributed by atoms with Crippen LogP contribution in [0.3, 0.4) is 0 Å². The van der Waals surface area contributed by atoms with Crippen molar-refractivity contribution in [2.75, 3.05) is 13.2 Å². The second-order valence-corrected chi connectivity index (χ2v) is 6.31. The Bertz CT molecular complexity index is 368. The highest BCUT2D eigenvalue weighted by Crippen LogP contribution is 2.32. The van der Waals surface area contributed by atoms with Crippen molar-refractivity contribution in [2.45, 2.75) is 51.0 Å². The van der Waals surface area contributed by atoms with E-state index in [9.17, 15) is 5.11 Å². The van der Waals surface area contributed by atoms with Crippen molar-refractivity contribution < 1.29 is 5.11 Å². The summed E-state index contributed by atoms with van der Waals surface area (Å²) in [5.74, 6) is 1.30. The van der Waals surface area contributed by atoms with E-state index in [1.807, 2.05) is 0 Å². The zero-order chi connectivity index (χ0) is 13.7. The molecule has 0 bridgehead atoms. The van der Waals surface area contributed by atoms with Crippen molar-refractivity contribution in [1.82, 2.24) is 5.32 Å². The van der Waals surface area contributed by atoms with E-state index in [0.717, 1.165) is 25.3 Å². The van der Waals surface area contributed by atoms with E-state index >= 15 is 0 Å². The Morgan fingerprint density at radius 1 is 1.26 bits per heavy atom. The molecule has 0 radical (unpaired) electrons. The number of hydrogen-bond acceptors (Lipinski definition) is 2. The van der Waals surface area contributed by atoms with E-state index in [0.29, 0.717) is 5.92 Å². The van der Waals surface area contributed by atoms with Gasteiger partial charge in [-0.2, -0.15) is 0 Å². The number of aliphatic hydroxyl groups excluding tert-OH is 1. The van der Waals surface area contributed by atoms with Gasteiger partial charge in [0, 0.05) is 12.1 Å². The summed E-state index contributed by atoms with van der Waals surface area (Å²) in [5.41, 5.74) is 1.34. The zero-order valence-corrected chi connectivity index (χ0v) is 12.2. The second kappa shape index (κ2) is 6.53. The third kappa shape index (κ3) is 3.80. The van der Waals surface area contributed by atoms with Crippen molar-refractivity contribution in [3.8, 4) is 0 Å². The van der Waals surface area contributed by atoms with Crippen LogP contribution in [0.25, 0.3) is 0 Å². The molecule has 1 atom stereocenters. The molecule has 1 aromatic carbocycles. The van der Waals surface area contributed by atoms with Gasteiger partial charge in [-0.15, -0.1) is 0 Å². The molecule has 1 aromatic rings. The summed E-state index contributed by atoms with van der Waals surface area (Å²) in [6, 6.07) is 10.6. The van der Waals surface area contributed by atoms with Gasteiger partial charge in [-0.3, -0.25) is 0 Å². The summed E-state index contributed by atoms with van der Waals surface area (Å²) < 4.78 is 0. The smallest absolute Gasteiger partial charge is 0.0613 e. The Hall–Kier alpha value is -0.860. The standard InChI is InChI=1S/C17H27NO/c1-14-8-10-17(13-19,11-9-14)18-12-15(2)16-6-4-3-5-7-16/h3-7,14-15,18-19H,8-13H2,1-2H3. The lowest BCUT2D eigenvalue weighted by atomic mass is 9.77. The molecule has 2 nitrogen and oxygen atoms in total. The first-order valence-electron chi connectivity index (χ1n) is 7.56. The van der Waals surface area contributed by atoms with Gasteiger partial charge in [-0.05, 0) is 43.1 Å². The van der Waals surface area contributed by atoms with Gasteiger partial charge in [-0.25, -0.2) is 0 Å². The number of aliphatic hydroxyl groups is 1. The van der Waals surface area contributed by atoms with Gasteiger partial charge in [-0.1, -0.05) is 44.2 Å². The number of rotatable bonds is 5. The Kier molecular flexibility index (Phi) is 5.00. The molecule has 19 heavy (non-hydrogen) atoms. The van der Waals surface area contributed by atoms with E-state index < -0.39 is 0 Å². The SMILES string of the molecule is CC1CCC(CO)(NCC(C)c2ccccc2)CC1. The van der Waals surface area contributed by atoms with Crippen LogP contribution >= 0.6 is 0 Å². The summed E-state index contributed by atoms with van der Waals surface area (Å²) in [6.45, 7) is 5.77. The predicted octanol–water partition coefficient (Wildman–Crippen LogP) is 3.32. The van der Waals surface area contributed by atoms with Crippen molar-refractivity contribution in [3.05, 3.63) is 35.9 Å². The monoisotopic (exact) mass is 261 g/mol. The molecule has 1 aliphatic carbocycles. The van der Waals surface area contributed by atoms with Gasteiger partial charge < -0.3 is 10.4 Å². The van der Waals surface area contributed by atoms with Crippen LogP contribution in [0.2, 0.25) is 0 Å². The summed E-state index contributed by atoms with van der Waals surface area (Å²) in [4.78, 5) is 0. The Balaban J connectivity index is 1.89. The molecule has 1 aliphatic rings. The molecule has 1 fully saturated rings. The van der Waals surface area contributed by atoms with Crippen LogP contribution in [0.4, 0.5) is 0 Å². The minimum absolute atomic E-state index is 0.0322. The fraction of sp³-hybridized carbons (Fsp3) is 0.647. The summed E-state index contributed by atoms with van der Waals surface area (Å²) in [6.07, 6.45) is 4.67. The van der Waals surface area contributed by atoms with Crippen LogP contribution in [0.1, 0.15) is 51.0 Å². The predicted molar refractivity (Wildman–Crippen MR) is 80.3 cm³/mol. The molecule has 0 spiro atoms. The lowest BCUT2D eigenvalue weighted by Gasteiger charge is -2.39. The molecule has 0 aliphatic heterocycles. The molecule has 0 saturated heterocycles. The van der Waals surface area contributed by atoms with Crippen LogP contribution in [0.15, 0.2) is 30.3 Å². The molecule has 106 valence electrons. The Morgan fingerprint density at radius 2 is 1.89 bits per heavy atom. The quantitative estimate of drug-likeness (QED) is 0.852. The first kappa shape index (κ1) is 14.5. The minimum atomic E-state index is -0.0322. The molecule has 0 heterocycles. The molecule has 0 amide bonds. The van der Waals surface area contributed by atoms with Gasteiger partial charge in [0.05, 0.1) is 6.61 Å².